The number of piperidine rings is 2. The average Bonchev–Trinajstić information content (AvgIpc) is 2.64. The van der Waals surface area contributed by atoms with E-state index in [1.54, 1.807) is 0 Å². The summed E-state index contributed by atoms with van der Waals surface area (Å²) in [6.07, 6.45) is 2.89. The molecule has 1 aromatic carbocycles. The van der Waals surface area contributed by atoms with Crippen LogP contribution in [0.2, 0.25) is 0 Å². The van der Waals surface area contributed by atoms with Gasteiger partial charge in [-0.25, -0.2) is 0 Å². The second-order valence-corrected chi connectivity index (χ2v) is 8.91. The van der Waals surface area contributed by atoms with Gasteiger partial charge in [0, 0.05) is 12.1 Å². The first-order chi connectivity index (χ1) is 13.7. The highest BCUT2D eigenvalue weighted by Crippen LogP contribution is 2.29. The number of likely N-dealkylation sites (tertiary alicyclic amines) is 1. The minimum absolute atomic E-state index is 0.167. The molecule has 0 spiro atoms. The van der Waals surface area contributed by atoms with Gasteiger partial charge in [-0.1, -0.05) is 12.1 Å². The van der Waals surface area contributed by atoms with Gasteiger partial charge in [-0.15, -0.1) is 0 Å². The first-order valence-electron chi connectivity index (χ1n) is 10.3. The summed E-state index contributed by atoms with van der Waals surface area (Å²) in [6, 6.07) is 7.82. The quantitative estimate of drug-likeness (QED) is 0.582. The Labute approximate surface area is 172 Å². The SMILES string of the molecule is CC(C)(C)OC(=O)CN1CCC(c2ccc(N[C@@H]3CCC(=O)NC3=O)cc2)CC1. The van der Waals surface area contributed by atoms with E-state index in [1.165, 1.54) is 5.56 Å². The smallest absolute Gasteiger partial charge is 0.320 e. The van der Waals surface area contributed by atoms with Crippen LogP contribution in [0.3, 0.4) is 0 Å². The molecule has 0 radical (unpaired) electrons. The Bertz CT molecular complexity index is 746. The number of esters is 1. The van der Waals surface area contributed by atoms with Crippen molar-refractivity contribution in [2.75, 3.05) is 25.0 Å². The molecule has 0 unspecified atom stereocenters. The van der Waals surface area contributed by atoms with Crippen molar-refractivity contribution in [3.8, 4) is 0 Å². The molecular weight excluding hydrogens is 370 g/mol. The number of carbonyl (C=O) groups excluding carboxylic acids is 3. The molecule has 2 saturated heterocycles. The van der Waals surface area contributed by atoms with Crippen molar-refractivity contribution in [2.45, 2.75) is 64.0 Å². The monoisotopic (exact) mass is 401 g/mol. The third-order valence-electron chi connectivity index (χ3n) is 5.32. The normalized spacial score (nSPS) is 21.6. The van der Waals surface area contributed by atoms with Crippen LogP contribution in [-0.4, -0.2) is 54.0 Å². The van der Waals surface area contributed by atoms with Crippen molar-refractivity contribution in [3.05, 3.63) is 29.8 Å². The van der Waals surface area contributed by atoms with E-state index in [2.05, 4.69) is 27.7 Å². The Morgan fingerprint density at radius 2 is 1.79 bits per heavy atom. The van der Waals surface area contributed by atoms with Crippen molar-refractivity contribution in [2.24, 2.45) is 0 Å². The topological polar surface area (TPSA) is 87.7 Å². The van der Waals surface area contributed by atoms with Gasteiger partial charge < -0.3 is 10.1 Å². The molecule has 29 heavy (non-hydrogen) atoms. The van der Waals surface area contributed by atoms with Crippen LogP contribution in [0.25, 0.3) is 0 Å². The van der Waals surface area contributed by atoms with Gasteiger partial charge in [-0.3, -0.25) is 24.6 Å². The van der Waals surface area contributed by atoms with Crippen molar-refractivity contribution in [1.82, 2.24) is 10.2 Å². The number of nitrogens with zero attached hydrogens (tertiary/aromatic N) is 1. The Balaban J connectivity index is 1.47. The summed E-state index contributed by atoms with van der Waals surface area (Å²) in [5, 5.41) is 5.57. The van der Waals surface area contributed by atoms with Gasteiger partial charge >= 0.3 is 5.97 Å². The van der Waals surface area contributed by atoms with Gasteiger partial charge in [-0.2, -0.15) is 0 Å². The Morgan fingerprint density at radius 1 is 1.14 bits per heavy atom. The van der Waals surface area contributed by atoms with E-state index in [-0.39, 0.29) is 23.8 Å². The summed E-state index contributed by atoms with van der Waals surface area (Å²) in [6.45, 7) is 7.75. The molecule has 1 atom stereocenters. The molecule has 2 heterocycles. The standard InChI is InChI=1S/C22H31N3O4/c1-22(2,3)29-20(27)14-25-12-10-16(11-13-25)15-4-6-17(7-5-15)23-18-8-9-19(26)24-21(18)28/h4-7,16,18,23H,8-14H2,1-3H3,(H,24,26,28)/t18-/m1/s1. The number of amides is 2. The summed E-state index contributed by atoms with van der Waals surface area (Å²) in [5.41, 5.74) is 1.71. The van der Waals surface area contributed by atoms with E-state index in [0.29, 0.717) is 25.3 Å². The largest absolute Gasteiger partial charge is 0.459 e. The van der Waals surface area contributed by atoms with E-state index in [0.717, 1.165) is 31.6 Å². The lowest BCUT2D eigenvalue weighted by atomic mass is 9.89. The summed E-state index contributed by atoms with van der Waals surface area (Å²) in [4.78, 5) is 37.3. The number of benzene rings is 1. The van der Waals surface area contributed by atoms with Crippen LogP contribution in [0.1, 0.15) is 57.9 Å². The molecular formula is C22H31N3O4. The van der Waals surface area contributed by atoms with Gasteiger partial charge in [0.05, 0.1) is 6.54 Å². The average molecular weight is 402 g/mol. The Morgan fingerprint density at radius 3 is 2.38 bits per heavy atom. The first kappa shape index (κ1) is 21.3. The molecule has 0 aromatic heterocycles. The van der Waals surface area contributed by atoms with Gasteiger partial charge in [-0.05, 0) is 76.7 Å². The van der Waals surface area contributed by atoms with E-state index >= 15 is 0 Å². The Kier molecular flexibility index (Phi) is 6.57. The maximum Gasteiger partial charge on any atom is 0.320 e. The fourth-order valence-corrected chi connectivity index (χ4v) is 3.86. The molecule has 2 N–H and O–H groups in total. The highest BCUT2D eigenvalue weighted by atomic mass is 16.6. The molecule has 2 fully saturated rings. The van der Waals surface area contributed by atoms with Gasteiger partial charge in [0.1, 0.15) is 11.6 Å². The number of carbonyl (C=O) groups is 3. The first-order valence-corrected chi connectivity index (χ1v) is 10.3. The number of ether oxygens (including phenoxy) is 1. The molecule has 0 saturated carbocycles. The van der Waals surface area contributed by atoms with Crippen LogP contribution in [0, 0.1) is 0 Å². The van der Waals surface area contributed by atoms with Gasteiger partial charge in [0.15, 0.2) is 0 Å². The summed E-state index contributed by atoms with van der Waals surface area (Å²) < 4.78 is 5.41. The van der Waals surface area contributed by atoms with Crippen LogP contribution in [0.5, 0.6) is 0 Å². The molecule has 2 amide bonds. The van der Waals surface area contributed by atoms with Crippen molar-refractivity contribution < 1.29 is 19.1 Å². The number of hydrogen-bond donors (Lipinski definition) is 2. The zero-order valence-electron chi connectivity index (χ0n) is 17.5. The summed E-state index contributed by atoms with van der Waals surface area (Å²) in [5.74, 6) is -0.168. The van der Waals surface area contributed by atoms with E-state index < -0.39 is 5.60 Å². The molecule has 7 heteroatoms. The molecule has 2 aliphatic rings. The van der Waals surface area contributed by atoms with Crippen molar-refractivity contribution in [3.63, 3.8) is 0 Å². The fourth-order valence-electron chi connectivity index (χ4n) is 3.86. The van der Waals surface area contributed by atoms with Crippen molar-refractivity contribution in [1.29, 1.82) is 0 Å². The highest BCUT2D eigenvalue weighted by molar-refractivity contribution is 6.01. The second kappa shape index (κ2) is 8.95. The lowest BCUT2D eigenvalue weighted by Crippen LogP contribution is -2.47. The zero-order chi connectivity index (χ0) is 21.0. The molecule has 2 aliphatic heterocycles. The molecule has 0 bridgehead atoms. The van der Waals surface area contributed by atoms with Crippen LogP contribution >= 0.6 is 0 Å². The lowest BCUT2D eigenvalue weighted by Gasteiger charge is -2.32. The molecule has 0 aliphatic carbocycles. The van der Waals surface area contributed by atoms with Crippen LogP contribution in [-0.2, 0) is 19.1 Å². The minimum atomic E-state index is -0.445. The lowest BCUT2D eigenvalue weighted by molar-refractivity contribution is -0.156. The third kappa shape index (κ3) is 6.29. The fraction of sp³-hybridized carbons (Fsp3) is 0.591. The van der Waals surface area contributed by atoms with E-state index in [1.807, 2.05) is 32.9 Å². The number of imide groups is 1. The summed E-state index contributed by atoms with van der Waals surface area (Å²) >= 11 is 0. The summed E-state index contributed by atoms with van der Waals surface area (Å²) in [7, 11) is 0. The molecule has 7 nitrogen and oxygen atoms in total. The zero-order valence-corrected chi connectivity index (χ0v) is 17.5. The van der Waals surface area contributed by atoms with Gasteiger partial charge in [0.2, 0.25) is 11.8 Å². The predicted molar refractivity (Wildman–Crippen MR) is 110 cm³/mol. The maximum absolute atomic E-state index is 12.0. The van der Waals surface area contributed by atoms with Crippen LogP contribution in [0.4, 0.5) is 5.69 Å². The van der Waals surface area contributed by atoms with E-state index in [9.17, 15) is 14.4 Å². The maximum atomic E-state index is 12.0. The van der Waals surface area contributed by atoms with Crippen molar-refractivity contribution >= 4 is 23.5 Å². The highest BCUT2D eigenvalue weighted by Gasteiger charge is 2.27. The number of hydrogen-bond acceptors (Lipinski definition) is 6. The van der Waals surface area contributed by atoms with E-state index in [4.69, 9.17) is 4.74 Å². The molecule has 158 valence electrons. The minimum Gasteiger partial charge on any atom is -0.459 e. The van der Waals surface area contributed by atoms with Crippen LogP contribution < -0.4 is 10.6 Å². The predicted octanol–water partition coefficient (Wildman–Crippen LogP) is 2.42. The molecule has 1 aromatic rings. The third-order valence-corrected chi connectivity index (χ3v) is 5.32. The Hall–Kier alpha value is -2.41. The second-order valence-electron chi connectivity index (χ2n) is 8.91. The number of anilines is 1. The number of nitrogens with one attached hydrogen (secondary N) is 2. The molecule has 3 rings (SSSR count). The van der Waals surface area contributed by atoms with Crippen LogP contribution in [0.15, 0.2) is 24.3 Å². The van der Waals surface area contributed by atoms with Gasteiger partial charge in [0.25, 0.3) is 0 Å². The number of rotatable bonds is 5.